The lowest BCUT2D eigenvalue weighted by Gasteiger charge is -2.21. The molecule has 1 aliphatic rings. The molecule has 3 aromatic rings. The summed E-state index contributed by atoms with van der Waals surface area (Å²) in [6.45, 7) is 1.81. The fraction of sp³-hybridized carbons (Fsp3) is 0.250. The molecular weight excluding hydrogens is 385 g/mol. The molecule has 0 fully saturated rings. The van der Waals surface area contributed by atoms with Crippen LogP contribution in [0.15, 0.2) is 42.5 Å². The van der Waals surface area contributed by atoms with Crippen LogP contribution in [-0.2, 0) is 10.2 Å². The van der Waals surface area contributed by atoms with E-state index in [0.29, 0.717) is 22.2 Å². The number of benzene rings is 2. The lowest BCUT2D eigenvalue weighted by molar-refractivity contribution is -0.134. The van der Waals surface area contributed by atoms with Crippen LogP contribution >= 0.6 is 0 Å². The van der Waals surface area contributed by atoms with Crippen LogP contribution in [0.3, 0.4) is 0 Å². The molecule has 2 N–H and O–H groups in total. The first kappa shape index (κ1) is 19.0. The van der Waals surface area contributed by atoms with Gasteiger partial charge in [0.05, 0.1) is 22.1 Å². The van der Waals surface area contributed by atoms with Crippen LogP contribution in [-0.4, -0.2) is 34.5 Å². The number of nitrogens with one attached hydrogen (secondary N) is 2. The Balaban J connectivity index is 1.71. The van der Waals surface area contributed by atoms with Gasteiger partial charge in [-0.2, -0.15) is 13.2 Å². The quantitative estimate of drug-likeness (QED) is 0.695. The van der Waals surface area contributed by atoms with Crippen LogP contribution in [0.2, 0.25) is 0 Å². The molecule has 0 bridgehead atoms. The number of amides is 2. The van der Waals surface area contributed by atoms with Gasteiger partial charge < -0.3 is 9.88 Å². The number of aromatic nitrogens is 2. The van der Waals surface area contributed by atoms with Crippen molar-refractivity contribution in [2.75, 3.05) is 16.8 Å². The van der Waals surface area contributed by atoms with Crippen LogP contribution in [0.5, 0.6) is 0 Å². The lowest BCUT2D eigenvalue weighted by Crippen LogP contribution is -2.41. The Morgan fingerprint density at radius 1 is 1.21 bits per heavy atom. The zero-order valence-electron chi connectivity index (χ0n) is 15.6. The standard InChI is InChI=1S/C20H17F3N4O2/c1-19(2)12-8-13-14(9-15(12)27(17(19)29)10-20(21,22)23)25-18(24-13)26-16(28)11-6-4-3-5-7-11/h3-9H,10H2,1-2H3,(H2,24,25,26,28). The zero-order chi connectivity index (χ0) is 21.0. The monoisotopic (exact) mass is 402 g/mol. The molecule has 6 nitrogen and oxygen atoms in total. The van der Waals surface area contributed by atoms with E-state index in [0.717, 1.165) is 4.90 Å². The van der Waals surface area contributed by atoms with Gasteiger partial charge in [-0.3, -0.25) is 14.9 Å². The average molecular weight is 402 g/mol. The van der Waals surface area contributed by atoms with Gasteiger partial charge in [0.15, 0.2) is 0 Å². The second-order valence-electron chi connectivity index (χ2n) is 7.42. The summed E-state index contributed by atoms with van der Waals surface area (Å²) in [6, 6.07) is 11.6. The number of aromatic amines is 1. The normalized spacial score (nSPS) is 15.6. The predicted molar refractivity (Wildman–Crippen MR) is 102 cm³/mol. The van der Waals surface area contributed by atoms with Crippen molar-refractivity contribution >= 4 is 34.5 Å². The maximum absolute atomic E-state index is 13.0. The lowest BCUT2D eigenvalue weighted by atomic mass is 9.86. The Labute approximate surface area is 163 Å². The molecule has 2 aromatic carbocycles. The Bertz CT molecular complexity index is 1120. The average Bonchev–Trinajstić information content (AvgIpc) is 3.12. The van der Waals surface area contributed by atoms with Crippen LogP contribution in [0.4, 0.5) is 24.8 Å². The third-order valence-electron chi connectivity index (χ3n) is 4.95. The molecule has 4 rings (SSSR count). The summed E-state index contributed by atoms with van der Waals surface area (Å²) >= 11 is 0. The number of hydrogen-bond acceptors (Lipinski definition) is 3. The number of carbonyl (C=O) groups is 2. The Morgan fingerprint density at radius 2 is 1.90 bits per heavy atom. The highest BCUT2D eigenvalue weighted by molar-refractivity contribution is 6.10. The van der Waals surface area contributed by atoms with Crippen molar-refractivity contribution in [1.29, 1.82) is 0 Å². The largest absolute Gasteiger partial charge is 0.406 e. The van der Waals surface area contributed by atoms with E-state index < -0.39 is 24.0 Å². The third kappa shape index (κ3) is 3.32. The van der Waals surface area contributed by atoms with Crippen LogP contribution in [0.1, 0.15) is 29.8 Å². The molecule has 0 spiro atoms. The number of alkyl halides is 3. The molecule has 1 aromatic heterocycles. The van der Waals surface area contributed by atoms with Crippen molar-refractivity contribution < 1.29 is 22.8 Å². The first-order valence-corrected chi connectivity index (χ1v) is 8.85. The molecule has 0 saturated heterocycles. The minimum Gasteiger partial charge on any atom is -0.324 e. The van der Waals surface area contributed by atoms with Gasteiger partial charge in [0.25, 0.3) is 5.91 Å². The smallest absolute Gasteiger partial charge is 0.324 e. The molecule has 2 heterocycles. The Morgan fingerprint density at radius 3 is 2.55 bits per heavy atom. The summed E-state index contributed by atoms with van der Waals surface area (Å²) in [7, 11) is 0. The minimum absolute atomic E-state index is 0.170. The highest BCUT2D eigenvalue weighted by Gasteiger charge is 2.47. The Hall–Kier alpha value is -3.36. The maximum Gasteiger partial charge on any atom is 0.406 e. The summed E-state index contributed by atoms with van der Waals surface area (Å²) in [5.74, 6) is -0.814. The van der Waals surface area contributed by atoms with E-state index in [9.17, 15) is 22.8 Å². The fourth-order valence-corrected chi connectivity index (χ4v) is 3.50. The molecule has 0 unspecified atom stereocenters. The summed E-state index contributed by atoms with van der Waals surface area (Å²) < 4.78 is 39.0. The van der Waals surface area contributed by atoms with Gasteiger partial charge in [-0.1, -0.05) is 18.2 Å². The summed E-state index contributed by atoms with van der Waals surface area (Å²) in [6.07, 6.45) is -4.52. The van der Waals surface area contributed by atoms with Crippen molar-refractivity contribution in [3.63, 3.8) is 0 Å². The highest BCUT2D eigenvalue weighted by atomic mass is 19.4. The van der Waals surface area contributed by atoms with E-state index in [1.807, 2.05) is 0 Å². The van der Waals surface area contributed by atoms with Gasteiger partial charge in [-0.25, -0.2) is 4.98 Å². The molecule has 0 radical (unpaired) electrons. The van der Waals surface area contributed by atoms with Gasteiger partial charge >= 0.3 is 6.18 Å². The fourth-order valence-electron chi connectivity index (χ4n) is 3.50. The molecule has 0 atom stereocenters. The molecule has 29 heavy (non-hydrogen) atoms. The number of nitrogens with zero attached hydrogens (tertiary/aromatic N) is 2. The number of imidazole rings is 1. The zero-order valence-corrected chi connectivity index (χ0v) is 15.6. The van der Waals surface area contributed by atoms with Crippen molar-refractivity contribution in [3.05, 3.63) is 53.6 Å². The molecule has 1 aliphatic heterocycles. The number of hydrogen-bond donors (Lipinski definition) is 2. The van der Waals surface area contributed by atoms with Crippen molar-refractivity contribution in [2.45, 2.75) is 25.4 Å². The number of rotatable bonds is 3. The van der Waals surface area contributed by atoms with Crippen molar-refractivity contribution in [3.8, 4) is 0 Å². The van der Waals surface area contributed by atoms with Gasteiger partial charge in [-0.15, -0.1) is 0 Å². The van der Waals surface area contributed by atoms with E-state index >= 15 is 0 Å². The number of H-pyrrole nitrogens is 1. The molecular formula is C20H17F3N4O2. The van der Waals surface area contributed by atoms with Gasteiger partial charge in [0.1, 0.15) is 6.54 Å². The van der Waals surface area contributed by atoms with Crippen molar-refractivity contribution in [2.24, 2.45) is 0 Å². The topological polar surface area (TPSA) is 78.1 Å². The van der Waals surface area contributed by atoms with E-state index in [1.165, 1.54) is 6.07 Å². The minimum atomic E-state index is -4.52. The SMILES string of the molecule is CC1(C)C(=O)N(CC(F)(F)F)c2cc3[nH]c(NC(=O)c4ccccc4)nc3cc21. The van der Waals surface area contributed by atoms with E-state index in [1.54, 1.807) is 50.2 Å². The van der Waals surface area contributed by atoms with E-state index in [-0.39, 0.29) is 17.5 Å². The van der Waals surface area contributed by atoms with E-state index in [2.05, 4.69) is 15.3 Å². The molecule has 9 heteroatoms. The second kappa shape index (κ2) is 6.33. The molecule has 150 valence electrons. The van der Waals surface area contributed by atoms with Crippen LogP contribution in [0.25, 0.3) is 11.0 Å². The Kier molecular flexibility index (Phi) is 4.14. The number of carbonyl (C=O) groups excluding carboxylic acids is 2. The molecule has 2 amide bonds. The third-order valence-corrected chi connectivity index (χ3v) is 4.95. The van der Waals surface area contributed by atoms with Gasteiger partial charge in [0.2, 0.25) is 11.9 Å². The summed E-state index contributed by atoms with van der Waals surface area (Å²) in [5.41, 5.74) is 0.854. The first-order chi connectivity index (χ1) is 13.6. The van der Waals surface area contributed by atoms with Gasteiger partial charge in [0, 0.05) is 5.56 Å². The van der Waals surface area contributed by atoms with Crippen LogP contribution < -0.4 is 10.2 Å². The summed E-state index contributed by atoms with van der Waals surface area (Å²) in [4.78, 5) is 32.8. The summed E-state index contributed by atoms with van der Waals surface area (Å²) in [5, 5.41) is 2.64. The van der Waals surface area contributed by atoms with E-state index in [4.69, 9.17) is 0 Å². The van der Waals surface area contributed by atoms with Gasteiger partial charge in [-0.05, 0) is 43.7 Å². The number of fused-ring (bicyclic) bond motifs is 2. The first-order valence-electron chi connectivity index (χ1n) is 8.85. The number of halogens is 3. The second-order valence-corrected chi connectivity index (χ2v) is 7.42. The predicted octanol–water partition coefficient (Wildman–Crippen LogP) is 4.00. The molecule has 0 aliphatic carbocycles. The maximum atomic E-state index is 13.0. The van der Waals surface area contributed by atoms with Crippen molar-refractivity contribution in [1.82, 2.24) is 9.97 Å². The molecule has 0 saturated carbocycles. The highest BCUT2D eigenvalue weighted by Crippen LogP contribution is 2.44. The number of anilines is 2. The van der Waals surface area contributed by atoms with Crippen LogP contribution in [0, 0.1) is 0 Å².